The quantitative estimate of drug-likeness (QED) is 0.805. The lowest BCUT2D eigenvalue weighted by atomic mass is 9.80. The van der Waals surface area contributed by atoms with Crippen LogP contribution in [0.4, 0.5) is 0 Å². The molecule has 0 spiro atoms. The second-order valence-corrected chi connectivity index (χ2v) is 6.69. The van der Waals surface area contributed by atoms with Gasteiger partial charge in [0.15, 0.2) is 0 Å². The third-order valence-corrected chi connectivity index (χ3v) is 4.17. The highest BCUT2D eigenvalue weighted by molar-refractivity contribution is 5.94. The van der Waals surface area contributed by atoms with Gasteiger partial charge in [0.05, 0.1) is 6.54 Å². The molecule has 1 unspecified atom stereocenters. The fraction of sp³-hybridized carbons (Fsp3) is 0.500. The molecule has 2 rings (SSSR count). The molecule has 1 heterocycles. The average Bonchev–Trinajstić information content (AvgIpc) is 2.95. The zero-order chi connectivity index (χ0) is 15.5. The lowest BCUT2D eigenvalue weighted by molar-refractivity contribution is 0.0776. The van der Waals surface area contributed by atoms with Gasteiger partial charge in [0, 0.05) is 24.2 Å². The number of rotatable bonds is 1. The van der Waals surface area contributed by atoms with Crippen molar-refractivity contribution in [2.75, 3.05) is 19.6 Å². The summed E-state index contributed by atoms with van der Waals surface area (Å²) < 4.78 is 0. The number of hydrogen-bond acceptors (Lipinski definition) is 2. The molecule has 0 radical (unpaired) electrons. The fourth-order valence-electron chi connectivity index (χ4n) is 2.68. The maximum absolute atomic E-state index is 12.5. The zero-order valence-corrected chi connectivity index (χ0v) is 13.1. The van der Waals surface area contributed by atoms with E-state index in [1.165, 1.54) is 0 Å². The van der Waals surface area contributed by atoms with Crippen LogP contribution in [0.2, 0.25) is 0 Å². The monoisotopic (exact) mass is 284 g/mol. The van der Waals surface area contributed by atoms with Gasteiger partial charge in [0.25, 0.3) is 5.91 Å². The summed E-state index contributed by atoms with van der Waals surface area (Å²) in [4.78, 5) is 14.5. The van der Waals surface area contributed by atoms with E-state index < -0.39 is 0 Å². The third-order valence-electron chi connectivity index (χ3n) is 4.17. The van der Waals surface area contributed by atoms with E-state index in [-0.39, 0.29) is 11.3 Å². The predicted octanol–water partition coefficient (Wildman–Crippen LogP) is 2.51. The zero-order valence-electron chi connectivity index (χ0n) is 13.1. The summed E-state index contributed by atoms with van der Waals surface area (Å²) in [6, 6.07) is 7.47. The van der Waals surface area contributed by atoms with Crippen molar-refractivity contribution in [3.8, 4) is 11.8 Å². The van der Waals surface area contributed by atoms with E-state index in [1.807, 2.05) is 29.2 Å². The Balaban J connectivity index is 2.04. The Morgan fingerprint density at radius 2 is 2.00 bits per heavy atom. The average molecular weight is 284 g/mol. The minimum atomic E-state index is 0.125. The summed E-state index contributed by atoms with van der Waals surface area (Å²) in [5.41, 5.74) is 7.24. The van der Waals surface area contributed by atoms with Crippen LogP contribution in [0, 0.1) is 23.2 Å². The Morgan fingerprint density at radius 3 is 2.52 bits per heavy atom. The van der Waals surface area contributed by atoms with Gasteiger partial charge < -0.3 is 10.6 Å². The van der Waals surface area contributed by atoms with Crippen LogP contribution < -0.4 is 5.73 Å². The summed E-state index contributed by atoms with van der Waals surface area (Å²) in [6.45, 7) is 8.80. The van der Waals surface area contributed by atoms with E-state index in [0.29, 0.717) is 12.5 Å². The normalized spacial score (nSPS) is 18.3. The van der Waals surface area contributed by atoms with E-state index in [1.54, 1.807) is 0 Å². The smallest absolute Gasteiger partial charge is 0.253 e. The van der Waals surface area contributed by atoms with Crippen LogP contribution in [0.1, 0.15) is 43.1 Å². The number of hydrogen-bond donors (Lipinski definition) is 1. The molecule has 2 N–H and O–H groups in total. The lowest BCUT2D eigenvalue weighted by Crippen LogP contribution is -2.31. The number of nitrogens with two attached hydrogens (primary N) is 1. The molecule has 1 aliphatic heterocycles. The van der Waals surface area contributed by atoms with Crippen molar-refractivity contribution >= 4 is 5.91 Å². The second-order valence-electron chi connectivity index (χ2n) is 6.69. The molecular formula is C18H24N2O. The molecule has 1 atom stereocenters. The molecule has 1 aromatic carbocycles. The summed E-state index contributed by atoms with van der Waals surface area (Å²) in [6.07, 6.45) is 1.09. The first kappa shape index (κ1) is 15.6. The first-order valence-electron chi connectivity index (χ1n) is 7.50. The molecule has 1 aliphatic rings. The first-order chi connectivity index (χ1) is 9.91. The highest BCUT2D eigenvalue weighted by atomic mass is 16.2. The first-order valence-corrected chi connectivity index (χ1v) is 7.50. The third kappa shape index (κ3) is 3.86. The van der Waals surface area contributed by atoms with Gasteiger partial charge in [-0.1, -0.05) is 32.6 Å². The Kier molecular flexibility index (Phi) is 4.69. The maximum atomic E-state index is 12.5. The van der Waals surface area contributed by atoms with Crippen LogP contribution in [0.15, 0.2) is 24.3 Å². The van der Waals surface area contributed by atoms with Crippen LogP contribution >= 0.6 is 0 Å². The fourth-order valence-corrected chi connectivity index (χ4v) is 2.68. The second kappa shape index (κ2) is 6.32. The van der Waals surface area contributed by atoms with Crippen LogP contribution in [0.25, 0.3) is 0 Å². The molecule has 1 saturated heterocycles. The van der Waals surface area contributed by atoms with E-state index >= 15 is 0 Å². The van der Waals surface area contributed by atoms with Crippen molar-refractivity contribution in [3.63, 3.8) is 0 Å². The number of nitrogens with zero attached hydrogens (tertiary/aromatic N) is 1. The topological polar surface area (TPSA) is 46.3 Å². The molecule has 1 amide bonds. The molecule has 112 valence electrons. The van der Waals surface area contributed by atoms with Gasteiger partial charge in [0.2, 0.25) is 0 Å². The van der Waals surface area contributed by atoms with Gasteiger partial charge in [-0.3, -0.25) is 4.79 Å². The minimum absolute atomic E-state index is 0.125. The Labute approximate surface area is 127 Å². The standard InChI is InChI=1S/C18H24N2O/c1-18(2,3)16-10-12-20(13-16)17(21)15-8-6-14(7-9-15)5-4-11-19/h6-9,16H,10-13,19H2,1-3H3. The van der Waals surface area contributed by atoms with E-state index in [0.717, 1.165) is 30.6 Å². The van der Waals surface area contributed by atoms with Crippen LogP contribution in [-0.4, -0.2) is 30.4 Å². The molecule has 1 fully saturated rings. The molecule has 21 heavy (non-hydrogen) atoms. The summed E-state index contributed by atoms with van der Waals surface area (Å²) in [5.74, 6) is 6.49. The van der Waals surface area contributed by atoms with Crippen molar-refractivity contribution in [2.45, 2.75) is 27.2 Å². The maximum Gasteiger partial charge on any atom is 0.253 e. The van der Waals surface area contributed by atoms with Gasteiger partial charge in [0.1, 0.15) is 0 Å². The van der Waals surface area contributed by atoms with Gasteiger partial charge >= 0.3 is 0 Å². The van der Waals surface area contributed by atoms with Crippen molar-refractivity contribution in [1.82, 2.24) is 4.90 Å². The molecule has 3 heteroatoms. The van der Waals surface area contributed by atoms with E-state index in [4.69, 9.17) is 5.73 Å². The van der Waals surface area contributed by atoms with Crippen molar-refractivity contribution in [2.24, 2.45) is 17.1 Å². The number of benzene rings is 1. The molecular weight excluding hydrogens is 260 g/mol. The summed E-state index contributed by atoms with van der Waals surface area (Å²) in [7, 11) is 0. The van der Waals surface area contributed by atoms with Gasteiger partial charge in [-0.25, -0.2) is 0 Å². The van der Waals surface area contributed by atoms with Gasteiger partial charge in [-0.2, -0.15) is 0 Å². The van der Waals surface area contributed by atoms with Crippen LogP contribution in [-0.2, 0) is 0 Å². The molecule has 3 nitrogen and oxygen atoms in total. The van der Waals surface area contributed by atoms with E-state index in [2.05, 4.69) is 32.6 Å². The SMILES string of the molecule is CC(C)(C)C1CCN(C(=O)c2ccc(C#CCN)cc2)C1. The molecule has 0 saturated carbocycles. The number of carbonyl (C=O) groups is 1. The Bertz CT molecular complexity index is 558. The number of likely N-dealkylation sites (tertiary alicyclic amines) is 1. The summed E-state index contributed by atoms with van der Waals surface area (Å²) in [5, 5.41) is 0. The molecule has 0 aromatic heterocycles. The van der Waals surface area contributed by atoms with Crippen LogP contribution in [0.3, 0.4) is 0 Å². The number of carbonyl (C=O) groups excluding carboxylic acids is 1. The van der Waals surface area contributed by atoms with Crippen molar-refractivity contribution in [3.05, 3.63) is 35.4 Å². The predicted molar refractivity (Wildman–Crippen MR) is 85.8 cm³/mol. The largest absolute Gasteiger partial charge is 0.338 e. The molecule has 1 aromatic rings. The van der Waals surface area contributed by atoms with Crippen molar-refractivity contribution in [1.29, 1.82) is 0 Å². The Morgan fingerprint density at radius 1 is 1.33 bits per heavy atom. The van der Waals surface area contributed by atoms with Gasteiger partial charge in [-0.15, -0.1) is 0 Å². The highest BCUT2D eigenvalue weighted by Crippen LogP contribution is 2.34. The van der Waals surface area contributed by atoms with Crippen LogP contribution in [0.5, 0.6) is 0 Å². The summed E-state index contributed by atoms with van der Waals surface area (Å²) >= 11 is 0. The molecule has 0 bridgehead atoms. The number of amides is 1. The molecule has 0 aliphatic carbocycles. The van der Waals surface area contributed by atoms with Gasteiger partial charge in [-0.05, 0) is 42.0 Å². The van der Waals surface area contributed by atoms with Crippen molar-refractivity contribution < 1.29 is 4.79 Å². The minimum Gasteiger partial charge on any atom is -0.338 e. The van der Waals surface area contributed by atoms with E-state index in [9.17, 15) is 4.79 Å². The Hall–Kier alpha value is -1.79. The lowest BCUT2D eigenvalue weighted by Gasteiger charge is -2.27. The highest BCUT2D eigenvalue weighted by Gasteiger charge is 2.33.